The lowest BCUT2D eigenvalue weighted by molar-refractivity contribution is -0.120. The second-order valence-corrected chi connectivity index (χ2v) is 3.73. The van der Waals surface area contributed by atoms with E-state index in [1.54, 1.807) is 20.9 Å². The maximum absolute atomic E-state index is 11.3. The Balaban J connectivity index is 2.78. The van der Waals surface area contributed by atoms with Crippen molar-refractivity contribution in [2.45, 2.75) is 19.9 Å². The fourth-order valence-corrected chi connectivity index (χ4v) is 1.38. The number of oxazole rings is 1. The second kappa shape index (κ2) is 6.12. The highest BCUT2D eigenvalue weighted by Gasteiger charge is 2.21. The number of amides is 2. The first-order valence-corrected chi connectivity index (χ1v) is 5.35. The topological polar surface area (TPSA) is 116 Å². The molecule has 100 valence electrons. The average molecular weight is 256 g/mol. The predicted molar refractivity (Wildman–Crippen MR) is 61.0 cm³/mol. The number of carbonyl (C=O) groups is 2. The molecule has 0 aliphatic carbocycles. The van der Waals surface area contributed by atoms with E-state index >= 15 is 0 Å². The maximum Gasteiger partial charge on any atom is 0.312 e. The van der Waals surface area contributed by atoms with Crippen molar-refractivity contribution in [2.75, 3.05) is 13.6 Å². The molecule has 1 aromatic rings. The SMILES string of the molecule is CNCC(=O)NC(C)c1nc(C)c(C(=O)NO)o1. The zero-order chi connectivity index (χ0) is 13.7. The Bertz CT molecular complexity index is 443. The van der Waals surface area contributed by atoms with Crippen molar-refractivity contribution in [1.82, 2.24) is 21.1 Å². The maximum atomic E-state index is 11.3. The van der Waals surface area contributed by atoms with E-state index in [0.717, 1.165) is 0 Å². The molecular formula is C10H16N4O4. The van der Waals surface area contributed by atoms with E-state index in [4.69, 9.17) is 9.62 Å². The van der Waals surface area contributed by atoms with Gasteiger partial charge in [0.05, 0.1) is 12.2 Å². The molecule has 8 heteroatoms. The van der Waals surface area contributed by atoms with Crippen LogP contribution in [0.1, 0.15) is 35.1 Å². The van der Waals surface area contributed by atoms with Gasteiger partial charge in [-0.15, -0.1) is 0 Å². The normalized spacial score (nSPS) is 12.0. The molecule has 0 aliphatic heterocycles. The number of aryl methyl sites for hydroxylation is 1. The molecule has 0 aliphatic rings. The quantitative estimate of drug-likeness (QED) is 0.417. The number of rotatable bonds is 5. The molecule has 8 nitrogen and oxygen atoms in total. The largest absolute Gasteiger partial charge is 0.433 e. The number of hydrogen-bond donors (Lipinski definition) is 4. The smallest absolute Gasteiger partial charge is 0.312 e. The number of aromatic nitrogens is 1. The first kappa shape index (κ1) is 14.1. The lowest BCUT2D eigenvalue weighted by Gasteiger charge is -2.09. The summed E-state index contributed by atoms with van der Waals surface area (Å²) in [4.78, 5) is 26.6. The molecule has 0 radical (unpaired) electrons. The van der Waals surface area contributed by atoms with E-state index in [-0.39, 0.29) is 24.1 Å². The summed E-state index contributed by atoms with van der Waals surface area (Å²) in [5, 5.41) is 13.9. The van der Waals surface area contributed by atoms with Crippen molar-refractivity contribution in [3.63, 3.8) is 0 Å². The fraction of sp³-hybridized carbons (Fsp3) is 0.500. The van der Waals surface area contributed by atoms with E-state index in [2.05, 4.69) is 15.6 Å². The van der Waals surface area contributed by atoms with Crippen LogP contribution in [-0.4, -0.2) is 35.6 Å². The number of nitrogens with one attached hydrogen (secondary N) is 3. The number of likely N-dealkylation sites (N-methyl/N-ethyl adjacent to an activating group) is 1. The van der Waals surface area contributed by atoms with E-state index in [1.165, 1.54) is 5.48 Å². The first-order chi connectivity index (χ1) is 8.49. The van der Waals surface area contributed by atoms with Gasteiger partial charge in [-0.05, 0) is 20.9 Å². The van der Waals surface area contributed by atoms with Crippen LogP contribution >= 0.6 is 0 Å². The summed E-state index contributed by atoms with van der Waals surface area (Å²) in [5.41, 5.74) is 1.80. The minimum Gasteiger partial charge on any atom is -0.433 e. The van der Waals surface area contributed by atoms with Gasteiger partial charge in [-0.25, -0.2) is 10.5 Å². The third-order valence-corrected chi connectivity index (χ3v) is 2.21. The Morgan fingerprint density at radius 1 is 1.50 bits per heavy atom. The van der Waals surface area contributed by atoms with Gasteiger partial charge in [-0.3, -0.25) is 14.8 Å². The minimum atomic E-state index is -0.778. The van der Waals surface area contributed by atoms with Crippen LogP contribution in [0.2, 0.25) is 0 Å². The monoisotopic (exact) mass is 256 g/mol. The summed E-state index contributed by atoms with van der Waals surface area (Å²) in [7, 11) is 1.66. The summed E-state index contributed by atoms with van der Waals surface area (Å²) in [6.07, 6.45) is 0. The molecule has 2 amide bonds. The Morgan fingerprint density at radius 3 is 2.72 bits per heavy atom. The Morgan fingerprint density at radius 2 is 2.17 bits per heavy atom. The number of hydroxylamine groups is 1. The van der Waals surface area contributed by atoms with Gasteiger partial charge in [0.25, 0.3) is 0 Å². The summed E-state index contributed by atoms with van der Waals surface area (Å²) >= 11 is 0. The lowest BCUT2D eigenvalue weighted by Crippen LogP contribution is -2.34. The van der Waals surface area contributed by atoms with Gasteiger partial charge in [0.1, 0.15) is 6.04 Å². The van der Waals surface area contributed by atoms with Gasteiger partial charge in [-0.2, -0.15) is 0 Å². The Hall–Kier alpha value is -1.93. The second-order valence-electron chi connectivity index (χ2n) is 3.73. The third kappa shape index (κ3) is 3.28. The van der Waals surface area contributed by atoms with E-state index in [9.17, 15) is 9.59 Å². The highest BCUT2D eigenvalue weighted by Crippen LogP contribution is 2.16. The number of hydrogen-bond acceptors (Lipinski definition) is 6. The number of carbonyl (C=O) groups excluding carboxylic acids is 2. The van der Waals surface area contributed by atoms with E-state index < -0.39 is 11.9 Å². The zero-order valence-corrected chi connectivity index (χ0v) is 10.4. The summed E-state index contributed by atoms with van der Waals surface area (Å²) in [6.45, 7) is 3.42. The fourth-order valence-electron chi connectivity index (χ4n) is 1.38. The van der Waals surface area contributed by atoms with Crippen LogP contribution in [0, 0.1) is 6.92 Å². The Labute approximate surface area is 104 Å². The average Bonchev–Trinajstić information content (AvgIpc) is 2.70. The van der Waals surface area contributed by atoms with Gasteiger partial charge in [0.15, 0.2) is 0 Å². The van der Waals surface area contributed by atoms with Gasteiger partial charge < -0.3 is 15.1 Å². The van der Waals surface area contributed by atoms with E-state index in [1.807, 2.05) is 0 Å². The highest BCUT2D eigenvalue weighted by molar-refractivity contribution is 5.91. The van der Waals surface area contributed by atoms with Crippen molar-refractivity contribution in [1.29, 1.82) is 0 Å². The van der Waals surface area contributed by atoms with Gasteiger partial charge in [0.2, 0.25) is 17.6 Å². The molecule has 0 spiro atoms. The van der Waals surface area contributed by atoms with Crippen LogP contribution in [0.5, 0.6) is 0 Å². The van der Waals surface area contributed by atoms with Crippen LogP contribution < -0.4 is 16.1 Å². The molecule has 4 N–H and O–H groups in total. The van der Waals surface area contributed by atoms with Crippen molar-refractivity contribution in [2.24, 2.45) is 0 Å². The van der Waals surface area contributed by atoms with Crippen molar-refractivity contribution in [3.05, 3.63) is 17.3 Å². The first-order valence-electron chi connectivity index (χ1n) is 5.35. The Kier molecular flexibility index (Phi) is 4.81. The molecule has 0 bridgehead atoms. The molecular weight excluding hydrogens is 240 g/mol. The van der Waals surface area contributed by atoms with Crippen molar-refractivity contribution in [3.8, 4) is 0 Å². The summed E-state index contributed by atoms with van der Waals surface area (Å²) < 4.78 is 5.19. The molecule has 1 aromatic heterocycles. The summed E-state index contributed by atoms with van der Waals surface area (Å²) in [6, 6.07) is -0.468. The van der Waals surface area contributed by atoms with Gasteiger partial charge in [-0.1, -0.05) is 0 Å². The van der Waals surface area contributed by atoms with Crippen LogP contribution in [0.3, 0.4) is 0 Å². The standard InChI is InChI=1S/C10H16N4O4/c1-5-8(9(16)14-17)18-10(13-5)6(2)12-7(15)4-11-3/h6,11,17H,4H2,1-3H3,(H,12,15)(H,14,16). The molecule has 1 unspecified atom stereocenters. The molecule has 1 rings (SSSR count). The zero-order valence-electron chi connectivity index (χ0n) is 10.4. The predicted octanol–water partition coefficient (Wildman–Crippen LogP) is -0.501. The minimum absolute atomic E-state index is 0.0813. The molecule has 1 heterocycles. The van der Waals surface area contributed by atoms with Crippen LogP contribution in [0.15, 0.2) is 4.42 Å². The molecule has 0 saturated carbocycles. The van der Waals surface area contributed by atoms with E-state index in [0.29, 0.717) is 5.69 Å². The molecule has 0 fully saturated rings. The number of nitrogens with zero attached hydrogens (tertiary/aromatic N) is 1. The molecule has 0 aromatic carbocycles. The van der Waals surface area contributed by atoms with Crippen LogP contribution in [-0.2, 0) is 4.79 Å². The van der Waals surface area contributed by atoms with Crippen LogP contribution in [0.4, 0.5) is 0 Å². The molecule has 18 heavy (non-hydrogen) atoms. The third-order valence-electron chi connectivity index (χ3n) is 2.21. The molecule has 0 saturated heterocycles. The van der Waals surface area contributed by atoms with Crippen molar-refractivity contribution < 1.29 is 19.2 Å². The molecule has 1 atom stereocenters. The highest BCUT2D eigenvalue weighted by atomic mass is 16.5. The lowest BCUT2D eigenvalue weighted by atomic mass is 10.3. The van der Waals surface area contributed by atoms with Gasteiger partial charge >= 0.3 is 5.91 Å². The van der Waals surface area contributed by atoms with Crippen LogP contribution in [0.25, 0.3) is 0 Å². The van der Waals surface area contributed by atoms with Crippen molar-refractivity contribution >= 4 is 11.8 Å². The van der Waals surface area contributed by atoms with Gasteiger partial charge in [0, 0.05) is 0 Å². The summed E-state index contributed by atoms with van der Waals surface area (Å²) in [5.74, 6) is -0.869.